The zero-order chi connectivity index (χ0) is 15.8. The first-order valence-corrected chi connectivity index (χ1v) is 7.46. The van der Waals surface area contributed by atoms with Gasteiger partial charge in [0.1, 0.15) is 11.6 Å². The summed E-state index contributed by atoms with van der Waals surface area (Å²) < 4.78 is 26.9. The van der Waals surface area contributed by atoms with Crippen LogP contribution in [0.25, 0.3) is 0 Å². The van der Waals surface area contributed by atoms with E-state index >= 15 is 0 Å². The van der Waals surface area contributed by atoms with Gasteiger partial charge in [0.15, 0.2) is 0 Å². The Labute approximate surface area is 126 Å². The first-order valence-electron chi connectivity index (χ1n) is 7.46. The van der Waals surface area contributed by atoms with Crippen LogP contribution in [0.2, 0.25) is 0 Å². The first kappa shape index (κ1) is 18.0. The molecule has 0 spiro atoms. The van der Waals surface area contributed by atoms with Gasteiger partial charge >= 0.3 is 0 Å². The number of aliphatic hydroxyl groups is 1. The van der Waals surface area contributed by atoms with Crippen LogP contribution in [0.4, 0.5) is 8.78 Å². The molecule has 120 valence electrons. The Morgan fingerprint density at radius 1 is 1.19 bits per heavy atom. The minimum atomic E-state index is -1.16. The number of benzene rings is 1. The summed E-state index contributed by atoms with van der Waals surface area (Å²) in [5.74, 6) is -1.41. The molecule has 0 heterocycles. The van der Waals surface area contributed by atoms with Gasteiger partial charge in [-0.2, -0.15) is 0 Å². The van der Waals surface area contributed by atoms with Gasteiger partial charge in [-0.15, -0.1) is 0 Å². The molecule has 0 saturated carbocycles. The summed E-state index contributed by atoms with van der Waals surface area (Å²) in [6.45, 7) is 6.19. The summed E-state index contributed by atoms with van der Waals surface area (Å²) in [6.07, 6.45) is 0.847. The molecule has 0 aliphatic carbocycles. The van der Waals surface area contributed by atoms with E-state index < -0.39 is 17.7 Å². The summed E-state index contributed by atoms with van der Waals surface area (Å²) >= 11 is 0. The molecule has 0 saturated heterocycles. The van der Waals surface area contributed by atoms with Crippen LogP contribution in [-0.4, -0.2) is 42.7 Å². The zero-order valence-corrected chi connectivity index (χ0v) is 13.1. The summed E-state index contributed by atoms with van der Waals surface area (Å²) in [4.78, 5) is 2.27. The SMILES string of the molecule is CC(C)N(C)CCCCNCC(O)c1c(F)cccc1F. The molecule has 0 fully saturated rings. The molecule has 0 aliphatic rings. The molecular weight excluding hydrogens is 274 g/mol. The third kappa shape index (κ3) is 6.08. The van der Waals surface area contributed by atoms with E-state index in [1.54, 1.807) is 0 Å². The largest absolute Gasteiger partial charge is 0.387 e. The molecule has 1 rings (SSSR count). The number of aliphatic hydroxyl groups excluding tert-OH is 1. The van der Waals surface area contributed by atoms with Crippen LogP contribution < -0.4 is 5.32 Å². The number of nitrogens with one attached hydrogen (secondary N) is 1. The summed E-state index contributed by atoms with van der Waals surface area (Å²) in [5.41, 5.74) is -0.260. The van der Waals surface area contributed by atoms with Gasteiger partial charge in [-0.25, -0.2) is 8.78 Å². The lowest BCUT2D eigenvalue weighted by atomic mass is 10.1. The Balaban J connectivity index is 2.24. The molecule has 0 amide bonds. The van der Waals surface area contributed by atoms with E-state index in [2.05, 4.69) is 31.1 Å². The average Bonchev–Trinajstić information content (AvgIpc) is 2.42. The quantitative estimate of drug-likeness (QED) is 0.688. The smallest absolute Gasteiger partial charge is 0.131 e. The maximum absolute atomic E-state index is 13.5. The maximum atomic E-state index is 13.5. The molecule has 21 heavy (non-hydrogen) atoms. The van der Waals surface area contributed by atoms with Crippen LogP contribution in [0, 0.1) is 11.6 Å². The molecule has 0 aromatic heterocycles. The Hall–Kier alpha value is -1.04. The van der Waals surface area contributed by atoms with Gasteiger partial charge in [0, 0.05) is 12.6 Å². The maximum Gasteiger partial charge on any atom is 0.131 e. The van der Waals surface area contributed by atoms with Crippen molar-refractivity contribution < 1.29 is 13.9 Å². The zero-order valence-electron chi connectivity index (χ0n) is 13.1. The second-order valence-electron chi connectivity index (χ2n) is 5.64. The first-order chi connectivity index (χ1) is 9.93. The molecule has 1 aromatic rings. The second kappa shape index (κ2) is 9.07. The van der Waals surface area contributed by atoms with Crippen molar-refractivity contribution in [2.45, 2.75) is 38.8 Å². The molecule has 0 bridgehead atoms. The fourth-order valence-corrected chi connectivity index (χ4v) is 2.04. The van der Waals surface area contributed by atoms with E-state index in [1.165, 1.54) is 6.07 Å². The van der Waals surface area contributed by atoms with Crippen LogP contribution in [0.3, 0.4) is 0 Å². The predicted molar refractivity (Wildman–Crippen MR) is 81.2 cm³/mol. The Kier molecular flexibility index (Phi) is 7.78. The van der Waals surface area contributed by atoms with Crippen LogP contribution >= 0.6 is 0 Å². The van der Waals surface area contributed by atoms with E-state index in [4.69, 9.17) is 0 Å². The van der Waals surface area contributed by atoms with Crippen LogP contribution in [0.15, 0.2) is 18.2 Å². The average molecular weight is 300 g/mol. The van der Waals surface area contributed by atoms with Gasteiger partial charge in [-0.1, -0.05) is 6.07 Å². The van der Waals surface area contributed by atoms with Crippen molar-refractivity contribution in [2.75, 3.05) is 26.7 Å². The highest BCUT2D eigenvalue weighted by Crippen LogP contribution is 2.19. The lowest BCUT2D eigenvalue weighted by molar-refractivity contribution is 0.164. The summed E-state index contributed by atoms with van der Waals surface area (Å²) in [5, 5.41) is 12.9. The Morgan fingerprint density at radius 3 is 2.38 bits per heavy atom. The van der Waals surface area contributed by atoms with Gasteiger partial charge in [-0.3, -0.25) is 0 Å². The number of halogens is 2. The van der Waals surface area contributed by atoms with Crippen molar-refractivity contribution in [1.82, 2.24) is 10.2 Å². The highest BCUT2D eigenvalue weighted by molar-refractivity contribution is 5.22. The Bertz CT molecular complexity index is 406. The lowest BCUT2D eigenvalue weighted by Gasteiger charge is -2.20. The third-order valence-electron chi connectivity index (χ3n) is 3.67. The molecule has 1 atom stereocenters. The normalized spacial score (nSPS) is 13.1. The van der Waals surface area contributed by atoms with Gasteiger partial charge in [0.25, 0.3) is 0 Å². The number of nitrogens with zero attached hydrogens (tertiary/aromatic N) is 1. The van der Waals surface area contributed by atoms with Crippen molar-refractivity contribution in [3.8, 4) is 0 Å². The van der Waals surface area contributed by atoms with Gasteiger partial charge < -0.3 is 15.3 Å². The van der Waals surface area contributed by atoms with Crippen molar-refractivity contribution in [2.24, 2.45) is 0 Å². The molecule has 5 heteroatoms. The van der Waals surface area contributed by atoms with Crippen molar-refractivity contribution in [1.29, 1.82) is 0 Å². The van der Waals surface area contributed by atoms with Crippen LogP contribution in [-0.2, 0) is 0 Å². The molecule has 1 unspecified atom stereocenters. The van der Waals surface area contributed by atoms with Crippen LogP contribution in [0.1, 0.15) is 38.4 Å². The van der Waals surface area contributed by atoms with Crippen molar-refractivity contribution in [3.05, 3.63) is 35.4 Å². The van der Waals surface area contributed by atoms with Crippen LogP contribution in [0.5, 0.6) is 0 Å². The standard InChI is InChI=1S/C16H26F2N2O/c1-12(2)20(3)10-5-4-9-19-11-15(21)16-13(17)7-6-8-14(16)18/h6-8,12,15,19,21H,4-5,9-11H2,1-3H3. The molecule has 0 aliphatic heterocycles. The number of rotatable bonds is 9. The third-order valence-corrected chi connectivity index (χ3v) is 3.67. The highest BCUT2D eigenvalue weighted by atomic mass is 19.1. The van der Waals surface area contributed by atoms with E-state index in [0.29, 0.717) is 6.04 Å². The second-order valence-corrected chi connectivity index (χ2v) is 5.64. The number of hydrogen-bond acceptors (Lipinski definition) is 3. The summed E-state index contributed by atoms with van der Waals surface area (Å²) in [7, 11) is 2.09. The number of unbranched alkanes of at least 4 members (excludes halogenated alkanes) is 1. The molecular formula is C16H26F2N2O. The van der Waals surface area contributed by atoms with Crippen molar-refractivity contribution >= 4 is 0 Å². The molecule has 2 N–H and O–H groups in total. The van der Waals surface area contributed by atoms with Gasteiger partial charge in [0.05, 0.1) is 11.7 Å². The Morgan fingerprint density at radius 2 is 1.81 bits per heavy atom. The number of hydrogen-bond donors (Lipinski definition) is 2. The summed E-state index contributed by atoms with van der Waals surface area (Å²) in [6, 6.07) is 4.13. The minimum Gasteiger partial charge on any atom is -0.387 e. The van der Waals surface area contributed by atoms with Gasteiger partial charge in [-0.05, 0) is 59.0 Å². The van der Waals surface area contributed by atoms with Crippen molar-refractivity contribution in [3.63, 3.8) is 0 Å². The predicted octanol–water partition coefficient (Wildman–Crippen LogP) is 2.71. The van der Waals surface area contributed by atoms with E-state index in [0.717, 1.165) is 38.1 Å². The monoisotopic (exact) mass is 300 g/mol. The van der Waals surface area contributed by atoms with Gasteiger partial charge in [0.2, 0.25) is 0 Å². The molecule has 1 aromatic carbocycles. The fraction of sp³-hybridized carbons (Fsp3) is 0.625. The minimum absolute atomic E-state index is 0.151. The van der Waals surface area contributed by atoms with E-state index in [1.807, 2.05) is 0 Å². The van der Waals surface area contributed by atoms with E-state index in [9.17, 15) is 13.9 Å². The lowest BCUT2D eigenvalue weighted by Crippen LogP contribution is -2.28. The topological polar surface area (TPSA) is 35.5 Å². The fourth-order valence-electron chi connectivity index (χ4n) is 2.04. The van der Waals surface area contributed by atoms with E-state index in [-0.39, 0.29) is 12.1 Å². The molecule has 0 radical (unpaired) electrons. The molecule has 3 nitrogen and oxygen atoms in total. The highest BCUT2D eigenvalue weighted by Gasteiger charge is 2.16.